The summed E-state index contributed by atoms with van der Waals surface area (Å²) in [6.45, 7) is 14.5. The third-order valence-electron chi connectivity index (χ3n) is 6.44. The van der Waals surface area contributed by atoms with Gasteiger partial charge in [0.15, 0.2) is 5.79 Å². The second-order valence-corrected chi connectivity index (χ2v) is 11.5. The molecule has 0 radical (unpaired) electrons. The Hall–Kier alpha value is -3.03. The Labute approximate surface area is 225 Å². The molecule has 1 heterocycles. The molecule has 1 atom stereocenters. The van der Waals surface area contributed by atoms with E-state index >= 15 is 0 Å². The van der Waals surface area contributed by atoms with Gasteiger partial charge in [0.05, 0.1) is 18.4 Å². The van der Waals surface area contributed by atoms with Crippen molar-refractivity contribution in [3.8, 4) is 11.1 Å². The molecule has 2 aromatic rings. The van der Waals surface area contributed by atoms with E-state index < -0.39 is 35.5 Å². The molecular weight excluding hydrogens is 487 g/mol. The van der Waals surface area contributed by atoms with Crippen LogP contribution in [0.25, 0.3) is 17.2 Å². The number of aryl methyl sites for hydroxylation is 3. The minimum atomic E-state index is -1.000. The van der Waals surface area contributed by atoms with Crippen molar-refractivity contribution in [1.29, 1.82) is 0 Å². The summed E-state index contributed by atoms with van der Waals surface area (Å²) in [4.78, 5) is 24.8. The lowest BCUT2D eigenvalue weighted by Gasteiger charge is -2.43. The Kier molecular flexibility index (Phi) is 8.84. The molecule has 0 aliphatic carbocycles. The van der Waals surface area contributed by atoms with E-state index in [1.165, 1.54) is 6.07 Å². The first-order valence-corrected chi connectivity index (χ1v) is 12.8. The van der Waals surface area contributed by atoms with Crippen LogP contribution in [-0.4, -0.2) is 36.7 Å². The van der Waals surface area contributed by atoms with E-state index in [1.54, 1.807) is 47.6 Å². The summed E-state index contributed by atoms with van der Waals surface area (Å²) in [6.07, 6.45) is 4.19. The van der Waals surface area contributed by atoms with Crippen molar-refractivity contribution in [1.82, 2.24) is 0 Å². The molecule has 6 nitrogen and oxygen atoms in total. The molecular formula is C31H39FO6. The molecule has 0 saturated carbocycles. The fourth-order valence-electron chi connectivity index (χ4n) is 4.49. The van der Waals surface area contributed by atoms with Gasteiger partial charge in [-0.15, -0.1) is 0 Å². The van der Waals surface area contributed by atoms with Crippen molar-refractivity contribution in [2.45, 2.75) is 79.6 Å². The number of ether oxygens (including phenoxy) is 4. The van der Waals surface area contributed by atoms with Crippen LogP contribution in [0.4, 0.5) is 4.39 Å². The highest BCUT2D eigenvalue weighted by Gasteiger charge is 2.42. The molecule has 3 rings (SSSR count). The molecule has 2 aromatic carbocycles. The van der Waals surface area contributed by atoms with Crippen LogP contribution >= 0.6 is 0 Å². The summed E-state index contributed by atoms with van der Waals surface area (Å²) in [5.74, 6) is -2.18. The van der Waals surface area contributed by atoms with Crippen molar-refractivity contribution in [2.75, 3.05) is 13.4 Å². The summed E-state index contributed by atoms with van der Waals surface area (Å²) in [6, 6.07) is 9.23. The van der Waals surface area contributed by atoms with E-state index in [2.05, 4.69) is 12.1 Å². The molecule has 0 N–H and O–H groups in total. The average Bonchev–Trinajstić information content (AvgIpc) is 2.78. The van der Waals surface area contributed by atoms with E-state index in [0.717, 1.165) is 27.8 Å². The molecule has 7 heteroatoms. The predicted molar refractivity (Wildman–Crippen MR) is 145 cm³/mol. The lowest BCUT2D eigenvalue weighted by atomic mass is 9.89. The van der Waals surface area contributed by atoms with Gasteiger partial charge < -0.3 is 18.9 Å². The quantitative estimate of drug-likeness (QED) is 0.291. The smallest absolute Gasteiger partial charge is 0.314 e. The number of carbonyl (C=O) groups excluding carboxylic acids is 2. The Bertz CT molecular complexity index is 1220. The van der Waals surface area contributed by atoms with Crippen LogP contribution in [-0.2, 0) is 28.5 Å². The first-order chi connectivity index (χ1) is 17.6. The van der Waals surface area contributed by atoms with Gasteiger partial charge in [0.25, 0.3) is 0 Å². The van der Waals surface area contributed by atoms with Crippen LogP contribution in [0.1, 0.15) is 69.7 Å². The average molecular weight is 527 g/mol. The minimum absolute atomic E-state index is 0.0841. The number of rotatable bonds is 7. The molecule has 0 spiro atoms. The van der Waals surface area contributed by atoms with Gasteiger partial charge in [-0.2, -0.15) is 0 Å². The van der Waals surface area contributed by atoms with E-state index in [1.807, 2.05) is 32.1 Å². The zero-order chi connectivity index (χ0) is 28.3. The monoisotopic (exact) mass is 526 g/mol. The van der Waals surface area contributed by atoms with Crippen molar-refractivity contribution in [3.63, 3.8) is 0 Å². The van der Waals surface area contributed by atoms with Crippen LogP contribution in [0, 0.1) is 32.0 Å². The van der Waals surface area contributed by atoms with Crippen molar-refractivity contribution < 1.29 is 32.9 Å². The zero-order valence-electron chi connectivity index (χ0n) is 23.7. The normalized spacial score (nSPS) is 19.4. The van der Waals surface area contributed by atoms with Gasteiger partial charge in [-0.3, -0.25) is 9.59 Å². The molecule has 38 heavy (non-hydrogen) atoms. The molecule has 1 aliphatic rings. The van der Waals surface area contributed by atoms with Gasteiger partial charge in [-0.05, 0) is 95.3 Å². The fraction of sp³-hybridized carbons (Fsp3) is 0.484. The van der Waals surface area contributed by atoms with Crippen molar-refractivity contribution in [2.24, 2.45) is 5.41 Å². The van der Waals surface area contributed by atoms with Crippen LogP contribution in [0.3, 0.4) is 0 Å². The topological polar surface area (TPSA) is 71.1 Å². The molecule has 1 fully saturated rings. The fourth-order valence-corrected chi connectivity index (χ4v) is 4.49. The molecule has 1 saturated heterocycles. The molecule has 0 amide bonds. The Morgan fingerprint density at radius 1 is 1.05 bits per heavy atom. The maximum Gasteiger partial charge on any atom is 0.314 e. The predicted octanol–water partition coefficient (Wildman–Crippen LogP) is 6.82. The number of esters is 2. The lowest BCUT2D eigenvalue weighted by Crippen LogP contribution is -2.49. The number of halogens is 1. The van der Waals surface area contributed by atoms with E-state index in [-0.39, 0.29) is 12.2 Å². The second kappa shape index (κ2) is 11.4. The van der Waals surface area contributed by atoms with Gasteiger partial charge in [-0.1, -0.05) is 35.9 Å². The highest BCUT2D eigenvalue weighted by molar-refractivity contribution is 5.79. The van der Waals surface area contributed by atoms with Gasteiger partial charge in [0.2, 0.25) is 6.79 Å². The maximum absolute atomic E-state index is 14.0. The van der Waals surface area contributed by atoms with E-state index in [4.69, 9.17) is 18.9 Å². The van der Waals surface area contributed by atoms with Crippen molar-refractivity contribution >= 4 is 18.0 Å². The standard InChI is InChI=1S/C31H39FO6/c1-20-15-21(2)24(25(16-20)23-9-10-26(32)22(3)17-23)11-12-31(13-14-37-30(7,8)38-31)18-27(33)35-19-36-28(34)29(4,5)6/h9-12,15-17H,13-14,18-19H2,1-8H3/t31-/m1/s1. The minimum Gasteiger partial charge on any atom is -0.428 e. The van der Waals surface area contributed by atoms with Gasteiger partial charge in [0.1, 0.15) is 11.4 Å². The van der Waals surface area contributed by atoms with Crippen LogP contribution in [0.5, 0.6) is 0 Å². The lowest BCUT2D eigenvalue weighted by molar-refractivity contribution is -0.297. The third-order valence-corrected chi connectivity index (χ3v) is 6.44. The van der Waals surface area contributed by atoms with Crippen LogP contribution in [0.2, 0.25) is 0 Å². The Balaban J connectivity index is 1.92. The van der Waals surface area contributed by atoms with Crippen molar-refractivity contribution in [3.05, 3.63) is 64.5 Å². The van der Waals surface area contributed by atoms with E-state index in [0.29, 0.717) is 18.6 Å². The van der Waals surface area contributed by atoms with Gasteiger partial charge in [-0.25, -0.2) is 4.39 Å². The summed E-state index contributed by atoms with van der Waals surface area (Å²) in [7, 11) is 0. The van der Waals surface area contributed by atoms with Gasteiger partial charge >= 0.3 is 11.9 Å². The first kappa shape index (κ1) is 29.5. The SMILES string of the molecule is Cc1cc(C)c(C=C[C@]2(CC(=O)OCOC(=O)C(C)(C)C)CCOC(C)(C)O2)c(-c2ccc(F)c(C)c2)c1. The maximum atomic E-state index is 14.0. The summed E-state index contributed by atoms with van der Waals surface area (Å²) in [5, 5.41) is 0. The van der Waals surface area contributed by atoms with Gasteiger partial charge in [0, 0.05) is 6.42 Å². The third kappa shape index (κ3) is 7.51. The summed E-state index contributed by atoms with van der Waals surface area (Å²) >= 11 is 0. The number of hydrogen-bond acceptors (Lipinski definition) is 6. The second-order valence-electron chi connectivity index (χ2n) is 11.5. The summed E-state index contributed by atoms with van der Waals surface area (Å²) < 4.78 is 36.4. The highest BCUT2D eigenvalue weighted by atomic mass is 19.1. The number of hydrogen-bond donors (Lipinski definition) is 0. The summed E-state index contributed by atoms with van der Waals surface area (Å²) in [5.41, 5.74) is 3.80. The van der Waals surface area contributed by atoms with Crippen LogP contribution in [0.15, 0.2) is 36.4 Å². The van der Waals surface area contributed by atoms with Crippen LogP contribution < -0.4 is 0 Å². The molecule has 0 aromatic heterocycles. The number of carbonyl (C=O) groups is 2. The molecule has 0 unspecified atom stereocenters. The highest BCUT2D eigenvalue weighted by Crippen LogP contribution is 2.37. The largest absolute Gasteiger partial charge is 0.428 e. The number of benzene rings is 2. The zero-order valence-corrected chi connectivity index (χ0v) is 23.7. The molecule has 206 valence electrons. The van der Waals surface area contributed by atoms with E-state index in [9.17, 15) is 14.0 Å². The Morgan fingerprint density at radius 3 is 2.39 bits per heavy atom. The molecule has 0 bridgehead atoms. The Morgan fingerprint density at radius 2 is 1.76 bits per heavy atom. The first-order valence-electron chi connectivity index (χ1n) is 12.8. The molecule has 1 aliphatic heterocycles.